The van der Waals surface area contributed by atoms with E-state index >= 15 is 0 Å². The molecule has 5 heteroatoms. The van der Waals surface area contributed by atoms with Gasteiger partial charge in [-0.3, -0.25) is 9.36 Å². The summed E-state index contributed by atoms with van der Waals surface area (Å²) in [5.74, 6) is 1.41. The highest BCUT2D eigenvalue weighted by molar-refractivity contribution is 5.94. The first kappa shape index (κ1) is 14.9. The number of rotatable bonds is 4. The van der Waals surface area contributed by atoms with E-state index in [0.29, 0.717) is 17.3 Å². The van der Waals surface area contributed by atoms with Crippen LogP contribution in [0.1, 0.15) is 31.6 Å². The summed E-state index contributed by atoms with van der Waals surface area (Å²) in [6.07, 6.45) is 4.58. The lowest BCUT2D eigenvalue weighted by molar-refractivity contribution is 0.398. The number of aromatic nitrogens is 3. The van der Waals surface area contributed by atoms with E-state index in [9.17, 15) is 4.79 Å². The number of hydrogen-bond acceptors (Lipinski definition) is 4. The molecule has 0 spiro atoms. The Morgan fingerprint density at radius 2 is 2.12 bits per heavy atom. The highest BCUT2D eigenvalue weighted by Crippen LogP contribution is 2.35. The minimum Gasteiger partial charge on any atom is -0.481 e. The zero-order valence-electron chi connectivity index (χ0n) is 13.8. The van der Waals surface area contributed by atoms with Crippen molar-refractivity contribution < 1.29 is 4.74 Å². The lowest BCUT2D eigenvalue weighted by Gasteiger charge is -2.14. The fraction of sp³-hybridized carbons (Fsp3) is 0.316. The maximum absolute atomic E-state index is 13.2. The van der Waals surface area contributed by atoms with E-state index < -0.39 is 0 Å². The smallest absolute Gasteiger partial charge is 0.262 e. The summed E-state index contributed by atoms with van der Waals surface area (Å²) in [7, 11) is 1.59. The van der Waals surface area contributed by atoms with Crippen LogP contribution in [-0.4, -0.2) is 21.6 Å². The summed E-state index contributed by atoms with van der Waals surface area (Å²) >= 11 is 0. The molecule has 3 aromatic rings. The van der Waals surface area contributed by atoms with Crippen LogP contribution in [0.3, 0.4) is 0 Å². The van der Waals surface area contributed by atoms with Gasteiger partial charge in [0.25, 0.3) is 5.56 Å². The lowest BCUT2D eigenvalue weighted by Crippen LogP contribution is -2.24. The van der Waals surface area contributed by atoms with Crippen LogP contribution in [0.4, 0.5) is 0 Å². The number of hydrogen-bond donors (Lipinski definition) is 0. The zero-order chi connectivity index (χ0) is 16.7. The first-order valence-corrected chi connectivity index (χ1v) is 8.27. The van der Waals surface area contributed by atoms with Gasteiger partial charge in [-0.2, -0.15) is 0 Å². The molecular formula is C19H19N3O2. The van der Waals surface area contributed by atoms with Crippen LogP contribution in [0.15, 0.2) is 41.3 Å². The third-order valence-corrected chi connectivity index (χ3v) is 4.49. The average Bonchev–Trinajstić information content (AvgIpc) is 3.45. The normalized spacial score (nSPS) is 14.1. The molecule has 4 rings (SSSR count). The summed E-state index contributed by atoms with van der Waals surface area (Å²) in [6.45, 7) is 2.05. The van der Waals surface area contributed by atoms with Crippen LogP contribution in [0.5, 0.6) is 5.88 Å². The molecule has 0 aliphatic heterocycles. The number of ether oxygens (including phenoxy) is 1. The number of aryl methyl sites for hydroxylation is 1. The Hall–Kier alpha value is -2.69. The molecule has 5 nitrogen and oxygen atoms in total. The summed E-state index contributed by atoms with van der Waals surface area (Å²) in [4.78, 5) is 22.1. The largest absolute Gasteiger partial charge is 0.481 e. The molecule has 1 aromatic carbocycles. The summed E-state index contributed by atoms with van der Waals surface area (Å²) in [5, 5.41) is 0.676. The lowest BCUT2D eigenvalue weighted by atomic mass is 10.0. The fourth-order valence-electron chi connectivity index (χ4n) is 3.18. The molecule has 122 valence electrons. The molecule has 2 aromatic heterocycles. The molecule has 0 N–H and O–H groups in total. The molecule has 2 heterocycles. The van der Waals surface area contributed by atoms with Crippen molar-refractivity contribution in [3.8, 4) is 17.0 Å². The monoisotopic (exact) mass is 321 g/mol. The van der Waals surface area contributed by atoms with Gasteiger partial charge in [0.1, 0.15) is 5.82 Å². The van der Waals surface area contributed by atoms with Crippen molar-refractivity contribution in [3.63, 3.8) is 0 Å². The van der Waals surface area contributed by atoms with Crippen LogP contribution in [-0.2, 0) is 6.42 Å². The van der Waals surface area contributed by atoms with Gasteiger partial charge in [0.05, 0.1) is 18.0 Å². The Balaban J connectivity index is 2.03. The van der Waals surface area contributed by atoms with Crippen molar-refractivity contribution in [2.24, 2.45) is 0 Å². The van der Waals surface area contributed by atoms with Gasteiger partial charge in [-0.1, -0.05) is 19.1 Å². The molecule has 1 fully saturated rings. The number of methoxy groups -OCH3 is 1. The third-order valence-electron chi connectivity index (χ3n) is 4.49. The fourth-order valence-corrected chi connectivity index (χ4v) is 3.18. The highest BCUT2D eigenvalue weighted by Gasteiger charge is 2.28. The van der Waals surface area contributed by atoms with Crippen molar-refractivity contribution >= 4 is 10.9 Å². The van der Waals surface area contributed by atoms with E-state index in [1.54, 1.807) is 13.3 Å². The Bertz CT molecular complexity index is 974. The van der Waals surface area contributed by atoms with Gasteiger partial charge in [-0.25, -0.2) is 9.97 Å². The molecule has 24 heavy (non-hydrogen) atoms. The predicted octanol–water partition coefficient (Wildman–Crippen LogP) is 3.36. The van der Waals surface area contributed by atoms with Crippen molar-refractivity contribution in [1.82, 2.24) is 14.5 Å². The first-order valence-electron chi connectivity index (χ1n) is 8.27. The van der Waals surface area contributed by atoms with Gasteiger partial charge in [-0.15, -0.1) is 0 Å². The third kappa shape index (κ3) is 2.37. The minimum absolute atomic E-state index is 0.0609. The van der Waals surface area contributed by atoms with Crippen LogP contribution in [0.25, 0.3) is 22.0 Å². The molecule has 0 radical (unpaired) electrons. The van der Waals surface area contributed by atoms with Gasteiger partial charge in [0.15, 0.2) is 0 Å². The number of pyridine rings is 1. The first-order chi connectivity index (χ1) is 11.7. The van der Waals surface area contributed by atoms with Crippen LogP contribution in [0, 0.1) is 0 Å². The summed E-state index contributed by atoms with van der Waals surface area (Å²) < 4.78 is 7.11. The maximum Gasteiger partial charge on any atom is 0.262 e. The van der Waals surface area contributed by atoms with E-state index in [4.69, 9.17) is 9.72 Å². The SMILES string of the molecule is CCc1nc2cccc(-c3ccnc(OC)c3)c2c(=O)n1C1CC1. The van der Waals surface area contributed by atoms with Crippen molar-refractivity contribution in [1.29, 1.82) is 0 Å². The van der Waals surface area contributed by atoms with Crippen LogP contribution >= 0.6 is 0 Å². The van der Waals surface area contributed by atoms with Crippen LogP contribution < -0.4 is 10.3 Å². The van der Waals surface area contributed by atoms with E-state index in [-0.39, 0.29) is 5.56 Å². The van der Waals surface area contributed by atoms with Crippen molar-refractivity contribution in [2.45, 2.75) is 32.2 Å². The Kier molecular flexibility index (Phi) is 3.56. The molecule has 1 aliphatic carbocycles. The van der Waals surface area contributed by atoms with E-state index in [2.05, 4.69) is 4.98 Å². The standard InChI is InChI=1S/C19H19N3O2/c1-3-16-21-15-6-4-5-14(12-9-10-20-17(11-12)24-2)18(15)19(23)22(16)13-7-8-13/h4-6,9-11,13H,3,7-8H2,1-2H3. The van der Waals surface area contributed by atoms with E-state index in [1.807, 2.05) is 41.8 Å². The minimum atomic E-state index is 0.0609. The quantitative estimate of drug-likeness (QED) is 0.739. The molecular weight excluding hydrogens is 302 g/mol. The number of nitrogens with zero attached hydrogens (tertiary/aromatic N) is 3. The highest BCUT2D eigenvalue weighted by atomic mass is 16.5. The van der Waals surface area contributed by atoms with Crippen LogP contribution in [0.2, 0.25) is 0 Å². The number of fused-ring (bicyclic) bond motifs is 1. The maximum atomic E-state index is 13.2. The predicted molar refractivity (Wildman–Crippen MR) is 93.4 cm³/mol. The second-order valence-electron chi connectivity index (χ2n) is 6.07. The molecule has 0 amide bonds. The summed E-state index contributed by atoms with van der Waals surface area (Å²) in [6, 6.07) is 9.87. The van der Waals surface area contributed by atoms with E-state index in [1.165, 1.54) is 0 Å². The van der Waals surface area contributed by atoms with Gasteiger partial charge in [-0.05, 0) is 36.1 Å². The second-order valence-corrected chi connectivity index (χ2v) is 6.07. The van der Waals surface area contributed by atoms with Gasteiger partial charge in [0.2, 0.25) is 5.88 Å². The zero-order valence-corrected chi connectivity index (χ0v) is 13.8. The van der Waals surface area contributed by atoms with Gasteiger partial charge in [0, 0.05) is 24.7 Å². The molecule has 1 saturated carbocycles. The number of benzene rings is 1. The van der Waals surface area contributed by atoms with Crippen molar-refractivity contribution in [2.75, 3.05) is 7.11 Å². The molecule has 0 unspecified atom stereocenters. The molecule has 0 atom stereocenters. The van der Waals surface area contributed by atoms with Crippen molar-refractivity contribution in [3.05, 3.63) is 52.7 Å². The molecule has 1 aliphatic rings. The van der Waals surface area contributed by atoms with Gasteiger partial charge < -0.3 is 4.74 Å². The molecule has 0 saturated heterocycles. The van der Waals surface area contributed by atoms with Gasteiger partial charge >= 0.3 is 0 Å². The van der Waals surface area contributed by atoms with E-state index in [0.717, 1.165) is 41.7 Å². The average molecular weight is 321 g/mol. The second kappa shape index (κ2) is 5.74. The Morgan fingerprint density at radius 1 is 1.29 bits per heavy atom. The topological polar surface area (TPSA) is 57.0 Å². The Morgan fingerprint density at radius 3 is 2.83 bits per heavy atom. The molecule has 0 bridgehead atoms. The summed E-state index contributed by atoms with van der Waals surface area (Å²) in [5.41, 5.74) is 2.61. The Labute approximate surface area is 139 Å².